The molecule has 0 unspecified atom stereocenters. The molecule has 2 rings (SSSR count). The van der Waals surface area contributed by atoms with E-state index in [4.69, 9.17) is 4.74 Å². The predicted octanol–water partition coefficient (Wildman–Crippen LogP) is 3.68. The van der Waals surface area contributed by atoms with Crippen LogP contribution in [0.4, 0.5) is 5.69 Å². The van der Waals surface area contributed by atoms with Crippen LogP contribution in [-0.2, 0) is 21.4 Å². The maximum absolute atomic E-state index is 12.2. The Morgan fingerprint density at radius 2 is 1.74 bits per heavy atom. The number of rotatable bonds is 7. The average molecular weight is 368 g/mol. The molecule has 0 spiro atoms. The van der Waals surface area contributed by atoms with Gasteiger partial charge in [-0.3, -0.25) is 9.59 Å². The van der Waals surface area contributed by atoms with Crippen molar-refractivity contribution >= 4 is 17.5 Å². The number of amides is 2. The van der Waals surface area contributed by atoms with Crippen LogP contribution in [0.25, 0.3) is 0 Å². The third kappa shape index (κ3) is 6.44. The molecule has 2 aromatic rings. The zero-order valence-electron chi connectivity index (χ0n) is 16.5. The van der Waals surface area contributed by atoms with Crippen molar-refractivity contribution in [2.75, 3.05) is 19.0 Å². The second-order valence-corrected chi connectivity index (χ2v) is 7.47. The Balaban J connectivity index is 1.83. The molecule has 0 aliphatic heterocycles. The molecule has 0 fully saturated rings. The second kappa shape index (κ2) is 9.21. The summed E-state index contributed by atoms with van der Waals surface area (Å²) in [5, 5.41) is 5.64. The van der Waals surface area contributed by atoms with Crippen LogP contribution in [0.1, 0.15) is 38.3 Å². The van der Waals surface area contributed by atoms with E-state index >= 15 is 0 Å². The maximum Gasteiger partial charge on any atom is 0.233 e. The molecule has 0 radical (unpaired) electrons. The summed E-state index contributed by atoms with van der Waals surface area (Å²) in [6.45, 7) is 6.73. The lowest BCUT2D eigenvalue weighted by atomic mass is 9.86. The number of nitrogens with one attached hydrogen (secondary N) is 2. The van der Waals surface area contributed by atoms with Gasteiger partial charge in [0.15, 0.2) is 0 Å². The van der Waals surface area contributed by atoms with E-state index in [2.05, 4.69) is 31.4 Å². The maximum atomic E-state index is 12.2. The van der Waals surface area contributed by atoms with Crippen LogP contribution >= 0.6 is 0 Å². The molecule has 0 heterocycles. The molecule has 0 aromatic heterocycles. The molecular formula is C22H28N2O3. The highest BCUT2D eigenvalue weighted by Crippen LogP contribution is 2.29. The number of carbonyl (C=O) groups excluding carboxylic acids is 2. The number of anilines is 1. The fourth-order valence-corrected chi connectivity index (χ4v) is 2.82. The van der Waals surface area contributed by atoms with Crippen LogP contribution in [0.5, 0.6) is 5.75 Å². The van der Waals surface area contributed by atoms with Crippen LogP contribution in [0.2, 0.25) is 0 Å². The molecule has 5 heteroatoms. The minimum Gasteiger partial charge on any atom is -0.497 e. The van der Waals surface area contributed by atoms with Crippen molar-refractivity contribution in [2.24, 2.45) is 0 Å². The van der Waals surface area contributed by atoms with Crippen molar-refractivity contribution < 1.29 is 14.3 Å². The van der Waals surface area contributed by atoms with Gasteiger partial charge in [-0.05, 0) is 41.2 Å². The van der Waals surface area contributed by atoms with E-state index in [0.717, 1.165) is 22.6 Å². The molecular weight excluding hydrogens is 340 g/mol. The summed E-state index contributed by atoms with van der Waals surface area (Å²) in [7, 11) is 1.62. The lowest BCUT2D eigenvalue weighted by molar-refractivity contribution is -0.126. The van der Waals surface area contributed by atoms with E-state index in [1.54, 1.807) is 7.11 Å². The van der Waals surface area contributed by atoms with Gasteiger partial charge in [-0.25, -0.2) is 0 Å². The van der Waals surface area contributed by atoms with E-state index in [1.165, 1.54) is 0 Å². The molecule has 0 saturated heterocycles. The molecule has 2 amide bonds. The number of benzene rings is 2. The highest BCUT2D eigenvalue weighted by atomic mass is 16.5. The first-order valence-electron chi connectivity index (χ1n) is 9.08. The third-order valence-electron chi connectivity index (χ3n) is 4.20. The lowest BCUT2D eigenvalue weighted by Crippen LogP contribution is -2.30. The van der Waals surface area contributed by atoms with Gasteiger partial charge in [0.1, 0.15) is 12.2 Å². The number of ether oxygens (including phenoxy) is 1. The summed E-state index contributed by atoms with van der Waals surface area (Å²) in [6, 6.07) is 15.4. The summed E-state index contributed by atoms with van der Waals surface area (Å²) < 4.78 is 5.18. The van der Waals surface area contributed by atoms with Crippen molar-refractivity contribution in [1.29, 1.82) is 0 Å². The monoisotopic (exact) mass is 368 g/mol. The SMILES string of the molecule is COc1cccc(CCNC(=O)CC(=O)Nc2ccccc2C(C)(C)C)c1. The number of para-hydroxylation sites is 1. The van der Waals surface area contributed by atoms with E-state index in [0.29, 0.717) is 13.0 Å². The number of hydrogen-bond acceptors (Lipinski definition) is 3. The summed E-state index contributed by atoms with van der Waals surface area (Å²) in [4.78, 5) is 24.3. The van der Waals surface area contributed by atoms with Crippen LogP contribution < -0.4 is 15.4 Å². The molecule has 0 saturated carbocycles. The summed E-state index contributed by atoms with van der Waals surface area (Å²) in [6.07, 6.45) is 0.480. The lowest BCUT2D eigenvalue weighted by Gasteiger charge is -2.22. The minimum atomic E-state index is -0.314. The van der Waals surface area contributed by atoms with Gasteiger partial charge in [-0.1, -0.05) is 51.1 Å². The average Bonchev–Trinajstić information content (AvgIpc) is 2.61. The van der Waals surface area contributed by atoms with Gasteiger partial charge in [-0.15, -0.1) is 0 Å². The largest absolute Gasteiger partial charge is 0.497 e. The second-order valence-electron chi connectivity index (χ2n) is 7.47. The van der Waals surface area contributed by atoms with Crippen LogP contribution in [0, 0.1) is 0 Å². The summed E-state index contributed by atoms with van der Waals surface area (Å²) >= 11 is 0. The van der Waals surface area contributed by atoms with Gasteiger partial charge in [0.25, 0.3) is 0 Å². The van der Waals surface area contributed by atoms with Gasteiger partial charge in [0, 0.05) is 12.2 Å². The van der Waals surface area contributed by atoms with Crippen molar-refractivity contribution in [3.63, 3.8) is 0 Å². The van der Waals surface area contributed by atoms with Crippen molar-refractivity contribution in [1.82, 2.24) is 5.32 Å². The first-order valence-corrected chi connectivity index (χ1v) is 9.08. The Labute approximate surface area is 161 Å². The quantitative estimate of drug-likeness (QED) is 0.733. The van der Waals surface area contributed by atoms with E-state index in [9.17, 15) is 9.59 Å². The molecule has 0 bridgehead atoms. The summed E-state index contributed by atoms with van der Waals surface area (Å²) in [5.41, 5.74) is 2.76. The Bertz CT molecular complexity index is 794. The molecule has 27 heavy (non-hydrogen) atoms. The minimum absolute atomic E-state index is 0.0944. The first kappa shape index (κ1) is 20.5. The van der Waals surface area contributed by atoms with Crippen molar-refractivity contribution in [2.45, 2.75) is 39.0 Å². The topological polar surface area (TPSA) is 67.4 Å². The van der Waals surface area contributed by atoms with Gasteiger partial charge < -0.3 is 15.4 Å². The van der Waals surface area contributed by atoms with Crippen molar-refractivity contribution in [3.05, 3.63) is 59.7 Å². The van der Waals surface area contributed by atoms with Gasteiger partial charge in [0.2, 0.25) is 11.8 Å². The van der Waals surface area contributed by atoms with Gasteiger partial charge >= 0.3 is 0 Å². The Hall–Kier alpha value is -2.82. The van der Waals surface area contributed by atoms with Crippen LogP contribution in [-0.4, -0.2) is 25.5 Å². The Kier molecular flexibility index (Phi) is 6.99. The third-order valence-corrected chi connectivity index (χ3v) is 4.20. The van der Waals surface area contributed by atoms with Gasteiger partial charge in [-0.2, -0.15) is 0 Å². The Morgan fingerprint density at radius 1 is 1.00 bits per heavy atom. The standard InChI is InChI=1S/C22H28N2O3/c1-22(2,3)18-10-5-6-11-19(18)24-21(26)15-20(25)23-13-12-16-8-7-9-17(14-16)27-4/h5-11,14H,12-13,15H2,1-4H3,(H,23,25)(H,24,26). The molecule has 0 aliphatic carbocycles. The highest BCUT2D eigenvalue weighted by molar-refractivity contribution is 6.03. The molecule has 0 atom stereocenters. The van der Waals surface area contributed by atoms with Gasteiger partial charge in [0.05, 0.1) is 7.11 Å². The number of methoxy groups -OCH3 is 1. The summed E-state index contributed by atoms with van der Waals surface area (Å²) in [5.74, 6) is 0.185. The predicted molar refractivity (Wildman–Crippen MR) is 108 cm³/mol. The smallest absolute Gasteiger partial charge is 0.233 e. The molecule has 5 nitrogen and oxygen atoms in total. The fraction of sp³-hybridized carbons (Fsp3) is 0.364. The van der Waals surface area contributed by atoms with Crippen molar-refractivity contribution in [3.8, 4) is 5.75 Å². The fourth-order valence-electron chi connectivity index (χ4n) is 2.82. The van der Waals surface area contributed by atoms with Crippen LogP contribution in [0.3, 0.4) is 0 Å². The zero-order chi connectivity index (χ0) is 19.9. The zero-order valence-corrected chi connectivity index (χ0v) is 16.5. The normalized spacial score (nSPS) is 11.0. The molecule has 2 N–H and O–H groups in total. The molecule has 0 aliphatic rings. The van der Waals surface area contributed by atoms with E-state index < -0.39 is 0 Å². The highest BCUT2D eigenvalue weighted by Gasteiger charge is 2.19. The van der Waals surface area contributed by atoms with Crippen LogP contribution in [0.15, 0.2) is 48.5 Å². The number of carbonyl (C=O) groups is 2. The molecule has 144 valence electrons. The first-order chi connectivity index (χ1) is 12.8. The number of hydrogen-bond donors (Lipinski definition) is 2. The molecule has 2 aromatic carbocycles. The Morgan fingerprint density at radius 3 is 2.44 bits per heavy atom. The van der Waals surface area contributed by atoms with E-state index in [-0.39, 0.29) is 23.7 Å². The van der Waals surface area contributed by atoms with E-state index in [1.807, 2.05) is 48.5 Å².